The predicted molar refractivity (Wildman–Crippen MR) is 58.2 cm³/mol. The molecule has 1 fully saturated rings. The smallest absolute Gasteiger partial charge is 0.232 e. The molecule has 0 aromatic heterocycles. The lowest BCUT2D eigenvalue weighted by atomic mass is 10.1. The molecule has 1 rings (SSSR count). The molecule has 1 unspecified atom stereocenters. The van der Waals surface area contributed by atoms with Gasteiger partial charge in [0.2, 0.25) is 11.8 Å². The van der Waals surface area contributed by atoms with Gasteiger partial charge in [-0.15, -0.1) is 0 Å². The second-order valence-electron chi connectivity index (χ2n) is 3.95. The number of amides is 2. The van der Waals surface area contributed by atoms with E-state index in [-0.39, 0.29) is 17.7 Å². The summed E-state index contributed by atoms with van der Waals surface area (Å²) in [5.41, 5.74) is 0.868. The van der Waals surface area contributed by atoms with E-state index in [4.69, 9.17) is 0 Å². The number of likely N-dealkylation sites (N-methyl/N-ethyl adjacent to an activating group) is 1. The van der Waals surface area contributed by atoms with Crippen LogP contribution in [0, 0.1) is 5.92 Å². The van der Waals surface area contributed by atoms with Crippen molar-refractivity contribution < 1.29 is 9.59 Å². The number of imide groups is 1. The first kappa shape index (κ1) is 11.9. The van der Waals surface area contributed by atoms with Crippen LogP contribution < -0.4 is 5.32 Å². The lowest BCUT2D eigenvalue weighted by molar-refractivity contribution is -0.138. The van der Waals surface area contributed by atoms with Crippen molar-refractivity contribution in [1.82, 2.24) is 10.2 Å². The maximum absolute atomic E-state index is 11.6. The Kier molecular flexibility index (Phi) is 4.03. The van der Waals surface area contributed by atoms with Crippen LogP contribution in [0.3, 0.4) is 0 Å². The topological polar surface area (TPSA) is 49.4 Å². The molecule has 0 spiro atoms. The highest BCUT2D eigenvalue weighted by atomic mass is 16.2. The minimum absolute atomic E-state index is 0.0716. The van der Waals surface area contributed by atoms with Crippen molar-refractivity contribution in [3.8, 4) is 0 Å². The molecule has 2 amide bonds. The molecule has 1 saturated heterocycles. The van der Waals surface area contributed by atoms with Crippen LogP contribution in [0.1, 0.15) is 20.3 Å². The Hall–Kier alpha value is -1.16. The summed E-state index contributed by atoms with van der Waals surface area (Å²) in [6, 6.07) is 0. The minimum Gasteiger partial charge on any atom is -0.313 e. The zero-order valence-electron chi connectivity index (χ0n) is 9.38. The van der Waals surface area contributed by atoms with Crippen molar-refractivity contribution in [1.29, 1.82) is 0 Å². The number of rotatable bonds is 5. The number of nitrogens with zero attached hydrogens (tertiary/aromatic N) is 1. The van der Waals surface area contributed by atoms with E-state index in [1.54, 1.807) is 6.92 Å². The van der Waals surface area contributed by atoms with Crippen molar-refractivity contribution in [3.05, 3.63) is 12.2 Å². The van der Waals surface area contributed by atoms with Gasteiger partial charge >= 0.3 is 0 Å². The maximum atomic E-state index is 11.6. The molecule has 1 aliphatic rings. The van der Waals surface area contributed by atoms with Gasteiger partial charge in [0.25, 0.3) is 0 Å². The Morgan fingerprint density at radius 3 is 2.73 bits per heavy atom. The molecule has 1 heterocycles. The molecule has 0 aromatic carbocycles. The number of carbonyl (C=O) groups excluding carboxylic acids is 2. The first-order chi connectivity index (χ1) is 7.06. The van der Waals surface area contributed by atoms with Crippen molar-refractivity contribution in [3.63, 3.8) is 0 Å². The Bertz CT molecular complexity index is 286. The van der Waals surface area contributed by atoms with Crippen LogP contribution >= 0.6 is 0 Å². The van der Waals surface area contributed by atoms with Crippen molar-refractivity contribution in [2.75, 3.05) is 19.6 Å². The van der Waals surface area contributed by atoms with Gasteiger partial charge in [0.05, 0.1) is 6.54 Å². The molecule has 1 N–H and O–H groups in total. The average Bonchev–Trinajstić information content (AvgIpc) is 2.42. The Labute approximate surface area is 90.3 Å². The molecule has 4 nitrogen and oxygen atoms in total. The molecule has 1 aliphatic heterocycles. The lowest BCUT2D eigenvalue weighted by Crippen LogP contribution is -2.34. The van der Waals surface area contributed by atoms with E-state index in [0.717, 1.165) is 12.1 Å². The molecule has 15 heavy (non-hydrogen) atoms. The molecule has 0 saturated carbocycles. The van der Waals surface area contributed by atoms with Crippen molar-refractivity contribution in [2.45, 2.75) is 20.3 Å². The highest BCUT2D eigenvalue weighted by Gasteiger charge is 2.35. The molecule has 0 aromatic rings. The third kappa shape index (κ3) is 2.89. The van der Waals surface area contributed by atoms with Crippen LogP contribution in [0.4, 0.5) is 0 Å². The normalized spacial score (nSPS) is 21.2. The van der Waals surface area contributed by atoms with E-state index >= 15 is 0 Å². The third-order valence-electron chi connectivity index (χ3n) is 2.48. The number of carbonyl (C=O) groups is 2. The third-order valence-corrected chi connectivity index (χ3v) is 2.48. The van der Waals surface area contributed by atoms with E-state index in [2.05, 4.69) is 11.9 Å². The van der Waals surface area contributed by atoms with Crippen LogP contribution in [0.15, 0.2) is 12.2 Å². The molecule has 84 valence electrons. The Morgan fingerprint density at radius 2 is 2.27 bits per heavy atom. The second kappa shape index (κ2) is 5.07. The van der Waals surface area contributed by atoms with Gasteiger partial charge in [-0.1, -0.05) is 20.4 Å². The molecular weight excluding hydrogens is 192 g/mol. The summed E-state index contributed by atoms with van der Waals surface area (Å²) in [6.07, 6.45) is 0.341. The summed E-state index contributed by atoms with van der Waals surface area (Å²) < 4.78 is 0. The lowest BCUT2D eigenvalue weighted by Gasteiger charge is -2.16. The van der Waals surface area contributed by atoms with Crippen molar-refractivity contribution in [2.24, 2.45) is 5.92 Å². The van der Waals surface area contributed by atoms with Gasteiger partial charge in [-0.05, 0) is 12.1 Å². The second-order valence-corrected chi connectivity index (χ2v) is 3.95. The molecule has 4 heteroatoms. The molecule has 1 atom stereocenters. The largest absolute Gasteiger partial charge is 0.313 e. The van der Waals surface area contributed by atoms with Gasteiger partial charge < -0.3 is 5.32 Å². The number of hydrogen-bond acceptors (Lipinski definition) is 3. The minimum atomic E-state index is -0.163. The number of hydrogen-bond donors (Lipinski definition) is 1. The van der Waals surface area contributed by atoms with Crippen LogP contribution in [-0.4, -0.2) is 36.3 Å². The zero-order chi connectivity index (χ0) is 11.4. The van der Waals surface area contributed by atoms with Gasteiger partial charge in [-0.2, -0.15) is 0 Å². The van der Waals surface area contributed by atoms with Gasteiger partial charge in [-0.25, -0.2) is 0 Å². The summed E-state index contributed by atoms with van der Waals surface area (Å²) in [5, 5.41) is 3.11. The van der Waals surface area contributed by atoms with Crippen LogP contribution in [0.25, 0.3) is 0 Å². The predicted octanol–water partition coefficient (Wildman–Crippen LogP) is 0.547. The van der Waals surface area contributed by atoms with Crippen LogP contribution in [-0.2, 0) is 9.59 Å². The van der Waals surface area contributed by atoms with Gasteiger partial charge in [0.15, 0.2) is 0 Å². The number of likely N-dealkylation sites (tertiary alicyclic amines) is 1. The van der Waals surface area contributed by atoms with E-state index < -0.39 is 0 Å². The first-order valence-corrected chi connectivity index (χ1v) is 5.27. The highest BCUT2D eigenvalue weighted by Crippen LogP contribution is 2.19. The zero-order valence-corrected chi connectivity index (χ0v) is 9.38. The maximum Gasteiger partial charge on any atom is 0.232 e. The number of nitrogens with one attached hydrogen (secondary N) is 1. The summed E-state index contributed by atoms with van der Waals surface area (Å²) in [6.45, 7) is 9.50. The molecular formula is C11H18N2O2. The first-order valence-electron chi connectivity index (χ1n) is 5.27. The molecule has 0 bridgehead atoms. The summed E-state index contributed by atoms with van der Waals surface area (Å²) in [4.78, 5) is 24.3. The quantitative estimate of drug-likeness (QED) is 0.532. The van der Waals surface area contributed by atoms with Crippen LogP contribution in [0.2, 0.25) is 0 Å². The average molecular weight is 210 g/mol. The van der Waals surface area contributed by atoms with Crippen LogP contribution in [0.5, 0.6) is 0 Å². The van der Waals surface area contributed by atoms with E-state index in [9.17, 15) is 9.59 Å². The monoisotopic (exact) mass is 210 g/mol. The highest BCUT2D eigenvalue weighted by molar-refractivity contribution is 6.03. The SMILES string of the molecule is C=C(CNCC)CN1C(=O)CC(C)C1=O. The summed E-state index contributed by atoms with van der Waals surface area (Å²) in [7, 11) is 0. The van der Waals surface area contributed by atoms with Gasteiger partial charge in [0, 0.05) is 18.9 Å². The molecule has 0 aliphatic carbocycles. The fourth-order valence-electron chi connectivity index (χ4n) is 1.60. The Balaban J connectivity index is 2.47. The summed E-state index contributed by atoms with van der Waals surface area (Å²) in [5.74, 6) is -0.313. The van der Waals surface area contributed by atoms with E-state index in [1.165, 1.54) is 4.90 Å². The molecule has 0 radical (unpaired) electrons. The van der Waals surface area contributed by atoms with Gasteiger partial charge in [-0.3, -0.25) is 14.5 Å². The summed E-state index contributed by atoms with van der Waals surface area (Å²) >= 11 is 0. The standard InChI is InChI=1S/C11H18N2O2/c1-4-12-6-8(2)7-13-10(14)5-9(3)11(13)15/h9,12H,2,4-7H2,1,3H3. The Morgan fingerprint density at radius 1 is 1.60 bits per heavy atom. The van der Waals surface area contributed by atoms with E-state index in [0.29, 0.717) is 19.5 Å². The fraction of sp³-hybridized carbons (Fsp3) is 0.636. The van der Waals surface area contributed by atoms with Gasteiger partial charge in [0.1, 0.15) is 0 Å². The van der Waals surface area contributed by atoms with E-state index in [1.807, 2.05) is 6.92 Å². The van der Waals surface area contributed by atoms with Crippen molar-refractivity contribution >= 4 is 11.8 Å². The fourth-order valence-corrected chi connectivity index (χ4v) is 1.60.